The Morgan fingerprint density at radius 2 is 2.22 bits per heavy atom. The van der Waals surface area contributed by atoms with Crippen molar-refractivity contribution in [3.63, 3.8) is 0 Å². The molecule has 1 fully saturated rings. The monoisotopic (exact) mass is 272 g/mol. The van der Waals surface area contributed by atoms with Crippen LogP contribution in [-0.2, 0) is 4.74 Å². The maximum atomic E-state index is 9.96. The van der Waals surface area contributed by atoms with Gasteiger partial charge in [0.2, 0.25) is 0 Å². The largest absolute Gasteiger partial charge is 0.484 e. The average molecular weight is 273 g/mol. The highest BCUT2D eigenvalue weighted by atomic mass is 35.5. The van der Waals surface area contributed by atoms with Crippen LogP contribution < -0.4 is 4.74 Å². The smallest absolute Gasteiger partial charge is 0.145 e. The van der Waals surface area contributed by atoms with E-state index < -0.39 is 6.10 Å². The first-order valence-electron chi connectivity index (χ1n) is 5.94. The van der Waals surface area contributed by atoms with Crippen molar-refractivity contribution in [1.82, 2.24) is 0 Å². The van der Waals surface area contributed by atoms with Gasteiger partial charge in [-0.05, 0) is 17.7 Å². The number of aliphatic hydroxyl groups is 2. The van der Waals surface area contributed by atoms with E-state index in [0.29, 0.717) is 29.5 Å². The normalized spacial score (nSPS) is 19.1. The molecule has 100 valence electrons. The highest BCUT2D eigenvalue weighted by molar-refractivity contribution is 6.32. The molecule has 0 spiro atoms. The van der Waals surface area contributed by atoms with Gasteiger partial charge in [-0.3, -0.25) is 0 Å². The van der Waals surface area contributed by atoms with E-state index in [1.807, 2.05) is 0 Å². The molecule has 1 saturated heterocycles. The molecule has 1 aromatic rings. The number of halogens is 1. The summed E-state index contributed by atoms with van der Waals surface area (Å²) in [5, 5.41) is 19.4. The second-order valence-electron chi connectivity index (χ2n) is 4.57. The molecule has 0 aliphatic carbocycles. The zero-order valence-electron chi connectivity index (χ0n) is 10.2. The van der Waals surface area contributed by atoms with E-state index in [4.69, 9.17) is 26.2 Å². The maximum Gasteiger partial charge on any atom is 0.145 e. The molecule has 5 heteroatoms. The fourth-order valence-electron chi connectivity index (χ4n) is 1.69. The van der Waals surface area contributed by atoms with E-state index in [9.17, 15) is 5.11 Å². The Kier molecular flexibility index (Phi) is 4.45. The van der Waals surface area contributed by atoms with Crippen molar-refractivity contribution in [1.29, 1.82) is 0 Å². The van der Waals surface area contributed by atoms with Crippen molar-refractivity contribution in [3.8, 4) is 5.75 Å². The van der Waals surface area contributed by atoms with Gasteiger partial charge in [0.25, 0.3) is 0 Å². The Balaban J connectivity index is 2.08. The van der Waals surface area contributed by atoms with Crippen molar-refractivity contribution in [2.75, 3.05) is 19.8 Å². The Labute approximate surface area is 111 Å². The van der Waals surface area contributed by atoms with Gasteiger partial charge in [0.1, 0.15) is 11.9 Å². The van der Waals surface area contributed by atoms with Crippen molar-refractivity contribution >= 4 is 11.6 Å². The van der Waals surface area contributed by atoms with Gasteiger partial charge in [-0.1, -0.05) is 24.6 Å². The average Bonchev–Trinajstić information content (AvgIpc) is 2.33. The summed E-state index contributed by atoms with van der Waals surface area (Å²) in [5.74, 6) is 0.366. The lowest BCUT2D eigenvalue weighted by Crippen LogP contribution is -2.38. The van der Waals surface area contributed by atoms with Crippen LogP contribution >= 0.6 is 11.6 Å². The summed E-state index contributed by atoms with van der Waals surface area (Å²) < 4.78 is 10.6. The molecule has 4 nitrogen and oxygen atoms in total. The quantitative estimate of drug-likeness (QED) is 0.858. The summed E-state index contributed by atoms with van der Waals surface area (Å²) in [6.07, 6.45) is -0.664. The molecule has 2 atom stereocenters. The fraction of sp³-hybridized carbons (Fsp3) is 0.538. The molecular weight excluding hydrogens is 256 g/mol. The lowest BCUT2D eigenvalue weighted by Gasteiger charge is -2.27. The van der Waals surface area contributed by atoms with E-state index >= 15 is 0 Å². The molecule has 0 amide bonds. The standard InChI is InChI=1S/C13H17ClO4/c1-8(5-15)13(16)9-2-3-12(11(14)4-9)18-10-6-17-7-10/h2-4,8,10,13,15-16H,5-7H2,1H3/t8-,13?/m1/s1. The molecule has 18 heavy (non-hydrogen) atoms. The Morgan fingerprint density at radius 1 is 1.50 bits per heavy atom. The summed E-state index contributed by atoms with van der Waals surface area (Å²) in [6.45, 7) is 2.87. The molecule has 0 bridgehead atoms. The minimum absolute atomic E-state index is 0.0645. The van der Waals surface area contributed by atoms with Crippen molar-refractivity contribution < 1.29 is 19.7 Å². The number of hydrogen-bond acceptors (Lipinski definition) is 4. The minimum Gasteiger partial charge on any atom is -0.484 e. The van der Waals surface area contributed by atoms with E-state index in [1.54, 1.807) is 25.1 Å². The predicted molar refractivity (Wildman–Crippen MR) is 67.9 cm³/mol. The van der Waals surface area contributed by atoms with Gasteiger partial charge in [0, 0.05) is 12.5 Å². The van der Waals surface area contributed by atoms with Crippen LogP contribution in [0.2, 0.25) is 5.02 Å². The second kappa shape index (κ2) is 5.89. The lowest BCUT2D eigenvalue weighted by atomic mass is 9.98. The molecule has 2 N–H and O–H groups in total. The first-order valence-corrected chi connectivity index (χ1v) is 6.32. The van der Waals surface area contributed by atoms with E-state index in [2.05, 4.69) is 0 Å². The SMILES string of the molecule is C[C@H](CO)C(O)c1ccc(OC2COC2)c(Cl)c1. The number of ether oxygens (including phenoxy) is 2. The summed E-state index contributed by atoms with van der Waals surface area (Å²) in [5.41, 5.74) is 0.679. The summed E-state index contributed by atoms with van der Waals surface area (Å²) in [4.78, 5) is 0. The minimum atomic E-state index is -0.728. The van der Waals surface area contributed by atoms with Crippen molar-refractivity contribution in [3.05, 3.63) is 28.8 Å². The van der Waals surface area contributed by atoms with Crippen LogP contribution in [0.25, 0.3) is 0 Å². The molecular formula is C13H17ClO4. The van der Waals surface area contributed by atoms with Gasteiger partial charge < -0.3 is 19.7 Å². The Hall–Kier alpha value is -0.810. The van der Waals surface area contributed by atoms with E-state index in [1.165, 1.54) is 0 Å². The third kappa shape index (κ3) is 2.95. The van der Waals surface area contributed by atoms with Crippen LogP contribution in [0, 0.1) is 5.92 Å². The van der Waals surface area contributed by atoms with Gasteiger partial charge in [-0.15, -0.1) is 0 Å². The zero-order chi connectivity index (χ0) is 13.1. The first kappa shape index (κ1) is 13.6. The first-order chi connectivity index (χ1) is 8.61. The number of aliphatic hydroxyl groups excluding tert-OH is 2. The van der Waals surface area contributed by atoms with Crippen molar-refractivity contribution in [2.24, 2.45) is 5.92 Å². The third-order valence-corrected chi connectivity index (χ3v) is 3.32. The summed E-state index contributed by atoms with van der Waals surface area (Å²) >= 11 is 6.11. The van der Waals surface area contributed by atoms with Crippen LogP contribution in [0.1, 0.15) is 18.6 Å². The fourth-order valence-corrected chi connectivity index (χ4v) is 1.92. The van der Waals surface area contributed by atoms with Crippen molar-refractivity contribution in [2.45, 2.75) is 19.1 Å². The highest BCUT2D eigenvalue weighted by Crippen LogP contribution is 2.31. The summed E-state index contributed by atoms with van der Waals surface area (Å²) in [6, 6.07) is 5.17. The number of hydrogen-bond donors (Lipinski definition) is 2. The molecule has 1 aliphatic rings. The second-order valence-corrected chi connectivity index (χ2v) is 4.98. The molecule has 1 unspecified atom stereocenters. The molecule has 1 heterocycles. The molecule has 0 aromatic heterocycles. The number of benzene rings is 1. The third-order valence-electron chi connectivity index (χ3n) is 3.03. The van der Waals surface area contributed by atoms with Gasteiger partial charge in [-0.2, -0.15) is 0 Å². The van der Waals surface area contributed by atoms with E-state index in [0.717, 1.165) is 0 Å². The highest BCUT2D eigenvalue weighted by Gasteiger charge is 2.22. The molecule has 0 saturated carbocycles. The van der Waals surface area contributed by atoms with E-state index in [-0.39, 0.29) is 18.6 Å². The van der Waals surface area contributed by atoms with Gasteiger partial charge in [0.15, 0.2) is 0 Å². The van der Waals surface area contributed by atoms with Crippen LogP contribution in [0.3, 0.4) is 0 Å². The lowest BCUT2D eigenvalue weighted by molar-refractivity contribution is -0.0796. The maximum absolute atomic E-state index is 9.96. The van der Waals surface area contributed by atoms with Crippen LogP contribution in [-0.4, -0.2) is 36.1 Å². The summed E-state index contributed by atoms with van der Waals surface area (Å²) in [7, 11) is 0. The zero-order valence-corrected chi connectivity index (χ0v) is 10.9. The topological polar surface area (TPSA) is 58.9 Å². The number of rotatable bonds is 5. The molecule has 1 aromatic carbocycles. The van der Waals surface area contributed by atoms with Gasteiger partial charge in [-0.25, -0.2) is 0 Å². The van der Waals surface area contributed by atoms with Crippen LogP contribution in [0.15, 0.2) is 18.2 Å². The van der Waals surface area contributed by atoms with Gasteiger partial charge in [0.05, 0.1) is 24.3 Å². The van der Waals surface area contributed by atoms with Crippen LogP contribution in [0.5, 0.6) is 5.75 Å². The Morgan fingerprint density at radius 3 is 2.72 bits per heavy atom. The van der Waals surface area contributed by atoms with Gasteiger partial charge >= 0.3 is 0 Å². The van der Waals surface area contributed by atoms with Crippen LogP contribution in [0.4, 0.5) is 0 Å². The predicted octanol–water partition coefficient (Wildman–Crippen LogP) is 1.78. The Bertz CT molecular complexity index is 406. The molecule has 0 radical (unpaired) electrons. The molecule has 1 aliphatic heterocycles. The molecule has 2 rings (SSSR count).